The first-order chi connectivity index (χ1) is 8.24. The van der Waals surface area contributed by atoms with E-state index < -0.39 is 0 Å². The molecule has 0 heterocycles. The summed E-state index contributed by atoms with van der Waals surface area (Å²) in [6.45, 7) is 2.93. The predicted octanol–water partition coefficient (Wildman–Crippen LogP) is 1.28. The van der Waals surface area contributed by atoms with Gasteiger partial charge in [-0.05, 0) is 18.7 Å². The molecule has 0 fully saturated rings. The third kappa shape index (κ3) is 5.19. The summed E-state index contributed by atoms with van der Waals surface area (Å²) in [6.07, 6.45) is 0.674. The van der Waals surface area contributed by atoms with Gasteiger partial charge < -0.3 is 10.6 Å². The van der Waals surface area contributed by atoms with Crippen LogP contribution < -0.4 is 10.6 Å². The number of carbonyl (C=O) groups excluding carboxylic acids is 1. The summed E-state index contributed by atoms with van der Waals surface area (Å²) in [7, 11) is 1.92. The molecular weight excluding hydrogens is 212 g/mol. The maximum absolute atomic E-state index is 10.6. The molecule has 0 aliphatic heterocycles. The molecule has 17 heavy (non-hydrogen) atoms. The molecular formula is C14H18N2O. The van der Waals surface area contributed by atoms with Crippen molar-refractivity contribution in [2.45, 2.75) is 19.9 Å². The third-order valence-electron chi connectivity index (χ3n) is 2.23. The number of rotatable bonds is 4. The van der Waals surface area contributed by atoms with Crippen LogP contribution in [0.3, 0.4) is 0 Å². The van der Waals surface area contributed by atoms with Gasteiger partial charge in [-0.25, -0.2) is 0 Å². The van der Waals surface area contributed by atoms with Crippen LogP contribution >= 0.6 is 0 Å². The van der Waals surface area contributed by atoms with Crippen molar-refractivity contribution in [1.29, 1.82) is 0 Å². The molecule has 1 rings (SSSR count). The van der Waals surface area contributed by atoms with Crippen LogP contribution in [-0.4, -0.2) is 19.5 Å². The predicted molar refractivity (Wildman–Crippen MR) is 69.4 cm³/mol. The van der Waals surface area contributed by atoms with Crippen molar-refractivity contribution in [3.63, 3.8) is 0 Å². The molecule has 0 spiro atoms. The summed E-state index contributed by atoms with van der Waals surface area (Å²) >= 11 is 0. The summed E-state index contributed by atoms with van der Waals surface area (Å²) in [4.78, 5) is 10.6. The molecule has 3 heteroatoms. The van der Waals surface area contributed by atoms with Gasteiger partial charge in [-0.2, -0.15) is 0 Å². The number of amides is 1. The Bertz CT molecular complexity index is 429. The van der Waals surface area contributed by atoms with Crippen molar-refractivity contribution >= 4 is 5.91 Å². The van der Waals surface area contributed by atoms with Crippen LogP contribution in [-0.2, 0) is 11.3 Å². The van der Waals surface area contributed by atoms with Gasteiger partial charge in [-0.1, -0.05) is 30.0 Å². The summed E-state index contributed by atoms with van der Waals surface area (Å²) < 4.78 is 0. The van der Waals surface area contributed by atoms with Gasteiger partial charge in [0, 0.05) is 32.0 Å². The lowest BCUT2D eigenvalue weighted by Gasteiger charge is -2.02. The van der Waals surface area contributed by atoms with Crippen LogP contribution in [0.25, 0.3) is 0 Å². The van der Waals surface area contributed by atoms with Crippen molar-refractivity contribution in [2.75, 3.05) is 13.6 Å². The normalized spacial score (nSPS) is 9.29. The Morgan fingerprint density at radius 2 is 2.12 bits per heavy atom. The molecule has 0 radical (unpaired) electrons. The Balaban J connectivity index is 2.55. The number of hydrogen-bond acceptors (Lipinski definition) is 2. The zero-order chi connectivity index (χ0) is 12.5. The second-order valence-electron chi connectivity index (χ2n) is 3.72. The minimum absolute atomic E-state index is 0.0117. The van der Waals surface area contributed by atoms with Crippen molar-refractivity contribution < 1.29 is 4.79 Å². The maximum Gasteiger partial charge on any atom is 0.216 e. The van der Waals surface area contributed by atoms with Crippen LogP contribution in [0.5, 0.6) is 0 Å². The molecule has 1 amide bonds. The Morgan fingerprint density at radius 1 is 1.35 bits per heavy atom. The van der Waals surface area contributed by atoms with E-state index in [0.29, 0.717) is 13.0 Å². The van der Waals surface area contributed by atoms with Crippen LogP contribution in [0.2, 0.25) is 0 Å². The SMILES string of the molecule is CNCc1ccccc1C#CCCNC(C)=O. The molecule has 0 bridgehead atoms. The topological polar surface area (TPSA) is 41.1 Å². The van der Waals surface area contributed by atoms with Crippen molar-refractivity contribution in [3.05, 3.63) is 35.4 Å². The van der Waals surface area contributed by atoms with Gasteiger partial charge in [0.05, 0.1) is 0 Å². The highest BCUT2D eigenvalue weighted by Gasteiger charge is 1.96. The van der Waals surface area contributed by atoms with E-state index in [1.165, 1.54) is 12.5 Å². The maximum atomic E-state index is 10.6. The van der Waals surface area contributed by atoms with Crippen LogP contribution in [0, 0.1) is 11.8 Å². The average molecular weight is 230 g/mol. The Kier molecular flexibility index (Phi) is 5.84. The van der Waals surface area contributed by atoms with E-state index in [1.54, 1.807) is 0 Å². The molecule has 1 aromatic carbocycles. The zero-order valence-electron chi connectivity index (χ0n) is 10.3. The van der Waals surface area contributed by atoms with E-state index in [4.69, 9.17) is 0 Å². The van der Waals surface area contributed by atoms with E-state index in [-0.39, 0.29) is 5.91 Å². The van der Waals surface area contributed by atoms with Gasteiger partial charge in [-0.15, -0.1) is 0 Å². The van der Waals surface area contributed by atoms with Gasteiger partial charge in [0.1, 0.15) is 0 Å². The first-order valence-corrected chi connectivity index (χ1v) is 5.70. The second-order valence-corrected chi connectivity index (χ2v) is 3.72. The first kappa shape index (κ1) is 13.3. The Labute approximate surface area is 103 Å². The lowest BCUT2D eigenvalue weighted by atomic mass is 10.1. The quantitative estimate of drug-likeness (QED) is 0.604. The minimum atomic E-state index is -0.0117. The molecule has 1 aromatic rings. The molecule has 0 unspecified atom stereocenters. The molecule has 3 nitrogen and oxygen atoms in total. The van der Waals surface area contributed by atoms with Crippen molar-refractivity contribution in [2.24, 2.45) is 0 Å². The smallest absolute Gasteiger partial charge is 0.216 e. The van der Waals surface area contributed by atoms with Gasteiger partial charge in [-0.3, -0.25) is 4.79 Å². The standard InChI is InChI=1S/C14H18N2O/c1-12(17)16-10-6-5-8-13-7-3-4-9-14(13)11-15-2/h3-4,7,9,15H,6,10-11H2,1-2H3,(H,16,17). The molecule has 90 valence electrons. The molecule has 0 atom stereocenters. The van der Waals surface area contributed by atoms with Gasteiger partial charge in [0.15, 0.2) is 0 Å². The first-order valence-electron chi connectivity index (χ1n) is 5.70. The highest BCUT2D eigenvalue weighted by atomic mass is 16.1. The van der Waals surface area contributed by atoms with E-state index in [0.717, 1.165) is 12.1 Å². The van der Waals surface area contributed by atoms with E-state index in [1.807, 2.05) is 25.2 Å². The van der Waals surface area contributed by atoms with Gasteiger partial charge in [0.2, 0.25) is 5.91 Å². The molecule has 0 aliphatic carbocycles. The lowest BCUT2D eigenvalue weighted by Crippen LogP contribution is -2.20. The van der Waals surface area contributed by atoms with Crippen LogP contribution in [0.4, 0.5) is 0 Å². The highest BCUT2D eigenvalue weighted by Crippen LogP contribution is 2.06. The molecule has 2 N–H and O–H groups in total. The summed E-state index contributed by atoms with van der Waals surface area (Å²) in [6, 6.07) is 8.07. The number of carbonyl (C=O) groups is 1. The monoisotopic (exact) mass is 230 g/mol. The Hall–Kier alpha value is -1.79. The molecule has 0 aliphatic rings. The third-order valence-corrected chi connectivity index (χ3v) is 2.23. The average Bonchev–Trinajstić information content (AvgIpc) is 2.31. The fourth-order valence-electron chi connectivity index (χ4n) is 1.45. The summed E-state index contributed by atoms with van der Waals surface area (Å²) in [5.74, 6) is 6.18. The van der Waals surface area contributed by atoms with Crippen molar-refractivity contribution in [3.8, 4) is 11.8 Å². The fourth-order valence-corrected chi connectivity index (χ4v) is 1.45. The van der Waals surface area contributed by atoms with Gasteiger partial charge in [0.25, 0.3) is 0 Å². The fraction of sp³-hybridized carbons (Fsp3) is 0.357. The number of benzene rings is 1. The summed E-state index contributed by atoms with van der Waals surface area (Å²) in [5.41, 5.74) is 2.24. The largest absolute Gasteiger partial charge is 0.355 e. The molecule has 0 saturated carbocycles. The molecule has 0 saturated heterocycles. The summed E-state index contributed by atoms with van der Waals surface area (Å²) in [5, 5.41) is 5.83. The minimum Gasteiger partial charge on any atom is -0.355 e. The number of nitrogens with one attached hydrogen (secondary N) is 2. The zero-order valence-corrected chi connectivity index (χ0v) is 10.3. The van der Waals surface area contributed by atoms with Gasteiger partial charge >= 0.3 is 0 Å². The van der Waals surface area contributed by atoms with Crippen LogP contribution in [0.15, 0.2) is 24.3 Å². The Morgan fingerprint density at radius 3 is 2.82 bits per heavy atom. The lowest BCUT2D eigenvalue weighted by molar-refractivity contribution is -0.118. The highest BCUT2D eigenvalue weighted by molar-refractivity contribution is 5.72. The van der Waals surface area contributed by atoms with E-state index in [9.17, 15) is 4.79 Å². The van der Waals surface area contributed by atoms with E-state index in [2.05, 4.69) is 28.5 Å². The number of hydrogen-bond donors (Lipinski definition) is 2. The van der Waals surface area contributed by atoms with Crippen molar-refractivity contribution in [1.82, 2.24) is 10.6 Å². The van der Waals surface area contributed by atoms with Crippen LogP contribution in [0.1, 0.15) is 24.5 Å². The molecule has 0 aromatic heterocycles. The second kappa shape index (κ2) is 7.48. The van der Waals surface area contributed by atoms with E-state index >= 15 is 0 Å².